The van der Waals surface area contributed by atoms with Gasteiger partial charge in [0.05, 0.1) is 10.9 Å². The number of hydrogen-bond donors (Lipinski definition) is 4. The van der Waals surface area contributed by atoms with E-state index in [9.17, 15) is 23.1 Å². The molecule has 1 aromatic carbocycles. The minimum atomic E-state index is -4.08. The maximum atomic E-state index is 12.1. The molecule has 0 heterocycles. The number of aromatic carboxylic acids is 1. The van der Waals surface area contributed by atoms with Crippen molar-refractivity contribution in [2.24, 2.45) is 0 Å². The lowest BCUT2D eigenvalue weighted by atomic mass is 10.2. The van der Waals surface area contributed by atoms with Crippen LogP contribution in [0.3, 0.4) is 0 Å². The minimum Gasteiger partial charge on any atom is -0.507 e. The highest BCUT2D eigenvalue weighted by molar-refractivity contribution is 7.89. The molecule has 0 aromatic heterocycles. The highest BCUT2D eigenvalue weighted by atomic mass is 32.2. The lowest BCUT2D eigenvalue weighted by molar-refractivity contribution is -0.122. The van der Waals surface area contributed by atoms with Gasteiger partial charge in [-0.1, -0.05) is 0 Å². The second-order valence-corrected chi connectivity index (χ2v) is 5.94. The molecule has 8 nitrogen and oxygen atoms in total. The molecule has 0 aliphatic heterocycles. The first-order chi connectivity index (χ1) is 9.69. The number of amides is 1. The van der Waals surface area contributed by atoms with Gasteiger partial charge in [0.15, 0.2) is 0 Å². The van der Waals surface area contributed by atoms with Crippen LogP contribution in [0.5, 0.6) is 5.75 Å². The minimum absolute atomic E-state index is 0.353. The van der Waals surface area contributed by atoms with Crippen LogP contribution in [0.4, 0.5) is 0 Å². The number of phenols is 1. The summed E-state index contributed by atoms with van der Waals surface area (Å²) in [6.07, 6.45) is 0. The molecule has 0 radical (unpaired) electrons. The Morgan fingerprint density at radius 3 is 2.48 bits per heavy atom. The van der Waals surface area contributed by atoms with Crippen molar-refractivity contribution in [1.82, 2.24) is 10.0 Å². The third-order valence-corrected chi connectivity index (χ3v) is 4.12. The van der Waals surface area contributed by atoms with Crippen molar-refractivity contribution in [3.8, 4) is 5.75 Å². The van der Waals surface area contributed by atoms with E-state index >= 15 is 0 Å². The third-order valence-electron chi connectivity index (χ3n) is 2.58. The van der Waals surface area contributed by atoms with Gasteiger partial charge in [0.1, 0.15) is 11.3 Å². The molecule has 0 aliphatic rings. The van der Waals surface area contributed by atoms with E-state index in [2.05, 4.69) is 10.0 Å². The molecular formula is C12H16N2O6S. The van der Waals surface area contributed by atoms with E-state index < -0.39 is 39.3 Å². The Balaban J connectivity index is 3.06. The predicted octanol–water partition coefficient (Wildman–Crippen LogP) is -0.107. The van der Waals surface area contributed by atoms with Crippen LogP contribution in [0.2, 0.25) is 0 Å². The number of carbonyl (C=O) groups excluding carboxylic acids is 1. The van der Waals surface area contributed by atoms with Crippen LogP contribution < -0.4 is 10.0 Å². The number of sulfonamides is 1. The largest absolute Gasteiger partial charge is 0.507 e. The summed E-state index contributed by atoms with van der Waals surface area (Å²) in [7, 11) is -4.08. The van der Waals surface area contributed by atoms with Gasteiger partial charge in [-0.2, -0.15) is 4.72 Å². The molecule has 1 unspecified atom stereocenters. The van der Waals surface area contributed by atoms with Gasteiger partial charge in [-0.15, -0.1) is 0 Å². The molecule has 0 saturated carbocycles. The first-order valence-electron chi connectivity index (χ1n) is 6.05. The monoisotopic (exact) mass is 316 g/mol. The van der Waals surface area contributed by atoms with Crippen molar-refractivity contribution in [2.45, 2.75) is 24.8 Å². The second-order valence-electron chi connectivity index (χ2n) is 4.22. The summed E-state index contributed by atoms with van der Waals surface area (Å²) in [6, 6.07) is 1.82. The van der Waals surface area contributed by atoms with Crippen LogP contribution in [0, 0.1) is 0 Å². The predicted molar refractivity (Wildman–Crippen MR) is 73.5 cm³/mol. The van der Waals surface area contributed by atoms with Crippen molar-refractivity contribution < 1.29 is 28.2 Å². The van der Waals surface area contributed by atoms with Gasteiger partial charge in [0, 0.05) is 6.54 Å². The number of carbonyl (C=O) groups is 2. The van der Waals surface area contributed by atoms with Crippen LogP contribution in [0.15, 0.2) is 23.1 Å². The quantitative estimate of drug-likeness (QED) is 0.579. The Bertz CT molecular complexity index is 656. The van der Waals surface area contributed by atoms with Crippen LogP contribution in [-0.2, 0) is 14.8 Å². The fraction of sp³-hybridized carbons (Fsp3) is 0.333. The molecular weight excluding hydrogens is 300 g/mol. The lowest BCUT2D eigenvalue weighted by Gasteiger charge is -2.14. The maximum Gasteiger partial charge on any atom is 0.339 e. The smallest absolute Gasteiger partial charge is 0.339 e. The zero-order valence-corrected chi connectivity index (χ0v) is 12.3. The van der Waals surface area contributed by atoms with Crippen LogP contribution >= 0.6 is 0 Å². The zero-order chi connectivity index (χ0) is 16.2. The number of benzene rings is 1. The Kier molecular flexibility index (Phi) is 5.28. The van der Waals surface area contributed by atoms with Gasteiger partial charge >= 0.3 is 5.97 Å². The molecule has 0 saturated heterocycles. The van der Waals surface area contributed by atoms with E-state index in [1.54, 1.807) is 6.92 Å². The molecule has 9 heteroatoms. The second kappa shape index (κ2) is 6.55. The van der Waals surface area contributed by atoms with Crippen molar-refractivity contribution in [3.05, 3.63) is 23.8 Å². The van der Waals surface area contributed by atoms with Gasteiger partial charge < -0.3 is 15.5 Å². The van der Waals surface area contributed by atoms with Gasteiger partial charge in [0.25, 0.3) is 0 Å². The SMILES string of the molecule is CCNC(=O)C(C)NS(=O)(=O)c1ccc(O)c(C(=O)O)c1. The molecule has 0 spiro atoms. The molecule has 0 fully saturated rings. The van der Waals surface area contributed by atoms with E-state index in [0.29, 0.717) is 6.54 Å². The van der Waals surface area contributed by atoms with Gasteiger partial charge in [-0.05, 0) is 32.0 Å². The maximum absolute atomic E-state index is 12.1. The van der Waals surface area contributed by atoms with Gasteiger partial charge in [0.2, 0.25) is 15.9 Å². The molecule has 21 heavy (non-hydrogen) atoms. The number of carboxylic acid groups (broad SMARTS) is 1. The van der Waals surface area contributed by atoms with Crippen LogP contribution in [-0.4, -0.2) is 43.1 Å². The number of aromatic hydroxyl groups is 1. The number of likely N-dealkylation sites (N-methyl/N-ethyl adjacent to an activating group) is 1. The average Bonchev–Trinajstić information content (AvgIpc) is 2.38. The summed E-state index contributed by atoms with van der Waals surface area (Å²) in [5.41, 5.74) is -0.538. The molecule has 1 aromatic rings. The van der Waals surface area contributed by atoms with Crippen molar-refractivity contribution in [3.63, 3.8) is 0 Å². The summed E-state index contributed by atoms with van der Waals surface area (Å²) in [5.74, 6) is -2.50. The first-order valence-corrected chi connectivity index (χ1v) is 7.53. The van der Waals surface area contributed by atoms with Gasteiger partial charge in [-0.3, -0.25) is 4.79 Å². The fourth-order valence-electron chi connectivity index (χ4n) is 1.54. The van der Waals surface area contributed by atoms with E-state index in [4.69, 9.17) is 5.11 Å². The Morgan fingerprint density at radius 2 is 1.95 bits per heavy atom. The average molecular weight is 316 g/mol. The first kappa shape index (κ1) is 16.9. The molecule has 4 N–H and O–H groups in total. The van der Waals surface area contributed by atoms with Crippen molar-refractivity contribution >= 4 is 21.9 Å². The normalized spacial score (nSPS) is 12.7. The van der Waals surface area contributed by atoms with E-state index in [1.807, 2.05) is 0 Å². The van der Waals surface area contributed by atoms with Crippen molar-refractivity contribution in [2.75, 3.05) is 6.54 Å². The highest BCUT2D eigenvalue weighted by Crippen LogP contribution is 2.21. The molecule has 1 rings (SSSR count). The topological polar surface area (TPSA) is 133 Å². The van der Waals surface area contributed by atoms with E-state index in [-0.39, 0.29) is 4.90 Å². The summed E-state index contributed by atoms with van der Waals surface area (Å²) >= 11 is 0. The highest BCUT2D eigenvalue weighted by Gasteiger charge is 2.23. The Hall–Kier alpha value is -2.13. The Morgan fingerprint density at radius 1 is 1.33 bits per heavy atom. The summed E-state index contributed by atoms with van der Waals surface area (Å²) in [6.45, 7) is 3.41. The lowest BCUT2D eigenvalue weighted by Crippen LogP contribution is -2.44. The number of hydrogen-bond acceptors (Lipinski definition) is 5. The van der Waals surface area contributed by atoms with E-state index in [1.165, 1.54) is 6.92 Å². The molecule has 0 aliphatic carbocycles. The molecule has 1 atom stereocenters. The van der Waals surface area contributed by atoms with Crippen LogP contribution in [0.1, 0.15) is 24.2 Å². The van der Waals surface area contributed by atoms with Crippen molar-refractivity contribution in [1.29, 1.82) is 0 Å². The van der Waals surface area contributed by atoms with Gasteiger partial charge in [-0.25, -0.2) is 13.2 Å². The Labute approximate surface area is 121 Å². The molecule has 0 bridgehead atoms. The number of nitrogens with one attached hydrogen (secondary N) is 2. The summed E-state index contributed by atoms with van der Waals surface area (Å²) < 4.78 is 26.3. The van der Waals surface area contributed by atoms with E-state index in [0.717, 1.165) is 18.2 Å². The summed E-state index contributed by atoms with van der Waals surface area (Å²) in [5, 5.41) is 20.7. The number of rotatable bonds is 6. The zero-order valence-electron chi connectivity index (χ0n) is 11.5. The van der Waals surface area contributed by atoms with Crippen LogP contribution in [0.25, 0.3) is 0 Å². The molecule has 1 amide bonds. The summed E-state index contributed by atoms with van der Waals surface area (Å²) in [4.78, 5) is 22.0. The molecule has 116 valence electrons. The third kappa shape index (κ3) is 4.17. The fourth-order valence-corrected chi connectivity index (χ4v) is 2.76. The standard InChI is InChI=1S/C12H16N2O6S/c1-3-13-11(16)7(2)14-21(19,20)8-4-5-10(15)9(6-8)12(17)18/h4-7,14-15H,3H2,1-2H3,(H,13,16)(H,17,18). The number of carboxylic acids is 1.